The van der Waals surface area contributed by atoms with Gasteiger partial charge in [-0.1, -0.05) is 11.6 Å². The molecule has 0 bridgehead atoms. The topological polar surface area (TPSA) is 25.4 Å². The van der Waals surface area contributed by atoms with Crippen molar-refractivity contribution in [1.29, 1.82) is 0 Å². The van der Waals surface area contributed by atoms with E-state index in [9.17, 15) is 0 Å². The van der Waals surface area contributed by atoms with E-state index in [1.807, 2.05) is 0 Å². The summed E-state index contributed by atoms with van der Waals surface area (Å²) in [5, 5.41) is 0.612. The molecule has 1 aliphatic heterocycles. The van der Waals surface area contributed by atoms with E-state index in [0.717, 1.165) is 18.8 Å². The third-order valence-electron chi connectivity index (χ3n) is 2.64. The van der Waals surface area contributed by atoms with Crippen LogP contribution in [0.5, 0.6) is 5.75 Å². The average Bonchev–Trinajstić information content (AvgIpc) is 2.70. The Morgan fingerprint density at radius 3 is 2.80 bits per heavy atom. The van der Waals surface area contributed by atoms with Crippen molar-refractivity contribution in [1.82, 2.24) is 9.88 Å². The lowest BCUT2D eigenvalue weighted by Gasteiger charge is -2.24. The van der Waals surface area contributed by atoms with Crippen LogP contribution in [-0.4, -0.2) is 29.2 Å². The highest BCUT2D eigenvalue weighted by atomic mass is 35.5. The van der Waals surface area contributed by atoms with Gasteiger partial charge in [0.15, 0.2) is 0 Å². The number of likely N-dealkylation sites (tertiary alicyclic amines) is 1. The Bertz CT molecular complexity index is 326. The van der Waals surface area contributed by atoms with Gasteiger partial charge in [-0.3, -0.25) is 9.88 Å². The van der Waals surface area contributed by atoms with Crippen LogP contribution in [-0.2, 0) is 0 Å². The molecular weight excluding hydrogens is 212 g/mol. The Balaban J connectivity index is 1.95. The van der Waals surface area contributed by atoms with Gasteiger partial charge >= 0.3 is 0 Å². The first-order chi connectivity index (χ1) is 7.25. The molecule has 1 unspecified atom stereocenters. The number of ether oxygens (including phenoxy) is 1. The van der Waals surface area contributed by atoms with E-state index in [2.05, 4.69) is 16.8 Å². The minimum Gasteiger partial charge on any atom is -0.474 e. The minimum absolute atomic E-state index is 0.104. The van der Waals surface area contributed by atoms with Crippen LogP contribution in [0.2, 0.25) is 5.02 Å². The fourth-order valence-electron chi connectivity index (χ4n) is 1.83. The van der Waals surface area contributed by atoms with Crippen LogP contribution >= 0.6 is 11.6 Å². The Morgan fingerprint density at radius 1 is 1.40 bits per heavy atom. The standard InChI is InChI=1S/C11H15ClN2O/c1-9(14-4-2-3-5-14)15-11-6-10(12)7-13-8-11/h6-9H,2-5H2,1H3. The Morgan fingerprint density at radius 2 is 2.13 bits per heavy atom. The molecule has 0 spiro atoms. The lowest BCUT2D eigenvalue weighted by molar-refractivity contribution is 0.0589. The van der Waals surface area contributed by atoms with Gasteiger partial charge in [0.05, 0.1) is 11.2 Å². The minimum atomic E-state index is 0.104. The van der Waals surface area contributed by atoms with E-state index < -0.39 is 0 Å². The van der Waals surface area contributed by atoms with Crippen molar-refractivity contribution < 1.29 is 4.74 Å². The second kappa shape index (κ2) is 4.81. The van der Waals surface area contributed by atoms with Crippen LogP contribution in [0.1, 0.15) is 19.8 Å². The molecule has 3 nitrogen and oxygen atoms in total. The van der Waals surface area contributed by atoms with Crippen LogP contribution < -0.4 is 4.74 Å². The fourth-order valence-corrected chi connectivity index (χ4v) is 2.00. The van der Waals surface area contributed by atoms with Crippen LogP contribution in [0.15, 0.2) is 18.5 Å². The van der Waals surface area contributed by atoms with Gasteiger partial charge < -0.3 is 4.74 Å². The molecule has 4 heteroatoms. The molecular formula is C11H15ClN2O. The molecule has 1 aromatic heterocycles. The number of pyridine rings is 1. The molecule has 1 saturated heterocycles. The first-order valence-electron chi connectivity index (χ1n) is 5.27. The number of halogens is 1. The van der Waals surface area contributed by atoms with Gasteiger partial charge in [-0.25, -0.2) is 0 Å². The molecule has 0 amide bonds. The van der Waals surface area contributed by atoms with Crippen molar-refractivity contribution in [2.75, 3.05) is 13.1 Å². The van der Waals surface area contributed by atoms with Gasteiger partial charge in [-0.05, 0) is 19.8 Å². The lowest BCUT2D eigenvalue weighted by atomic mass is 10.4. The summed E-state index contributed by atoms with van der Waals surface area (Å²) in [6, 6.07) is 1.79. The smallest absolute Gasteiger partial charge is 0.149 e. The Hall–Kier alpha value is -0.800. The normalized spacial score (nSPS) is 19.1. The van der Waals surface area contributed by atoms with Crippen LogP contribution in [0.4, 0.5) is 0 Å². The van der Waals surface area contributed by atoms with E-state index in [1.54, 1.807) is 18.5 Å². The summed E-state index contributed by atoms with van der Waals surface area (Å²) in [7, 11) is 0. The SMILES string of the molecule is CC(Oc1cncc(Cl)c1)N1CCCC1. The summed E-state index contributed by atoms with van der Waals surface area (Å²) in [6.07, 6.45) is 5.93. The van der Waals surface area contributed by atoms with Gasteiger partial charge in [0.25, 0.3) is 0 Å². The molecule has 2 heterocycles. The summed E-state index contributed by atoms with van der Waals surface area (Å²) < 4.78 is 5.76. The third kappa shape index (κ3) is 2.83. The van der Waals surface area contributed by atoms with Crippen molar-refractivity contribution in [2.24, 2.45) is 0 Å². The molecule has 1 atom stereocenters. The zero-order chi connectivity index (χ0) is 10.7. The molecule has 1 aromatic rings. The summed E-state index contributed by atoms with van der Waals surface area (Å²) in [5.41, 5.74) is 0. The van der Waals surface area contributed by atoms with Crippen molar-refractivity contribution in [3.8, 4) is 5.75 Å². The van der Waals surface area contributed by atoms with Crippen LogP contribution in [0, 0.1) is 0 Å². The number of aromatic nitrogens is 1. The van der Waals surface area contributed by atoms with E-state index in [0.29, 0.717) is 5.02 Å². The molecule has 0 radical (unpaired) electrons. The predicted molar refractivity (Wildman–Crippen MR) is 60.1 cm³/mol. The first kappa shape index (κ1) is 10.7. The molecule has 0 N–H and O–H groups in total. The van der Waals surface area contributed by atoms with E-state index in [1.165, 1.54) is 12.8 Å². The Kier molecular flexibility index (Phi) is 3.44. The second-order valence-electron chi connectivity index (χ2n) is 3.80. The quantitative estimate of drug-likeness (QED) is 0.792. The molecule has 15 heavy (non-hydrogen) atoms. The maximum Gasteiger partial charge on any atom is 0.149 e. The molecule has 0 saturated carbocycles. The van der Waals surface area contributed by atoms with E-state index in [-0.39, 0.29) is 6.23 Å². The molecule has 82 valence electrons. The van der Waals surface area contributed by atoms with Crippen molar-refractivity contribution in [3.05, 3.63) is 23.5 Å². The zero-order valence-corrected chi connectivity index (χ0v) is 9.57. The molecule has 1 fully saturated rings. The summed E-state index contributed by atoms with van der Waals surface area (Å²) >= 11 is 5.83. The number of hydrogen-bond donors (Lipinski definition) is 0. The number of nitrogens with zero attached hydrogens (tertiary/aromatic N) is 2. The third-order valence-corrected chi connectivity index (χ3v) is 2.85. The van der Waals surface area contributed by atoms with Gasteiger partial charge in [-0.2, -0.15) is 0 Å². The monoisotopic (exact) mass is 226 g/mol. The summed E-state index contributed by atoms with van der Waals surface area (Å²) in [6.45, 7) is 4.30. The Labute approximate surface area is 95.0 Å². The zero-order valence-electron chi connectivity index (χ0n) is 8.82. The van der Waals surface area contributed by atoms with Gasteiger partial charge in [0.2, 0.25) is 0 Å². The van der Waals surface area contributed by atoms with Gasteiger partial charge in [0, 0.05) is 25.4 Å². The van der Waals surface area contributed by atoms with Gasteiger partial charge in [-0.15, -0.1) is 0 Å². The molecule has 1 aliphatic rings. The predicted octanol–water partition coefficient (Wildman–Crippen LogP) is 2.56. The maximum absolute atomic E-state index is 5.83. The summed E-state index contributed by atoms with van der Waals surface area (Å²) in [5.74, 6) is 0.738. The second-order valence-corrected chi connectivity index (χ2v) is 4.24. The van der Waals surface area contributed by atoms with Crippen molar-refractivity contribution >= 4 is 11.6 Å². The molecule has 2 rings (SSSR count). The van der Waals surface area contributed by atoms with Crippen molar-refractivity contribution in [3.63, 3.8) is 0 Å². The summed E-state index contributed by atoms with van der Waals surface area (Å²) in [4.78, 5) is 6.31. The maximum atomic E-state index is 5.83. The lowest BCUT2D eigenvalue weighted by Crippen LogP contribution is -2.34. The highest BCUT2D eigenvalue weighted by Crippen LogP contribution is 2.19. The highest BCUT2D eigenvalue weighted by Gasteiger charge is 2.19. The number of rotatable bonds is 3. The number of hydrogen-bond acceptors (Lipinski definition) is 3. The van der Waals surface area contributed by atoms with E-state index >= 15 is 0 Å². The molecule has 0 aliphatic carbocycles. The average molecular weight is 227 g/mol. The fraction of sp³-hybridized carbons (Fsp3) is 0.545. The van der Waals surface area contributed by atoms with Gasteiger partial charge in [0.1, 0.15) is 12.0 Å². The van der Waals surface area contributed by atoms with Crippen LogP contribution in [0.25, 0.3) is 0 Å². The van der Waals surface area contributed by atoms with E-state index in [4.69, 9.17) is 16.3 Å². The first-order valence-corrected chi connectivity index (χ1v) is 5.65. The largest absolute Gasteiger partial charge is 0.474 e. The molecule has 0 aromatic carbocycles. The highest BCUT2D eigenvalue weighted by molar-refractivity contribution is 6.30. The van der Waals surface area contributed by atoms with Crippen molar-refractivity contribution in [2.45, 2.75) is 26.0 Å². The van der Waals surface area contributed by atoms with Crippen LogP contribution in [0.3, 0.4) is 0 Å².